The highest BCUT2D eigenvalue weighted by molar-refractivity contribution is 6.02. The van der Waals surface area contributed by atoms with Gasteiger partial charge in [0.15, 0.2) is 0 Å². The largest absolute Gasteiger partial charge is 0.318 e. The maximum Gasteiger partial charge on any atom is 0.275 e. The number of anilines is 1. The quantitative estimate of drug-likeness (QED) is 0.782. The minimum absolute atomic E-state index is 0.227. The normalized spacial score (nSPS) is 10.5. The summed E-state index contributed by atoms with van der Waals surface area (Å²) in [5.74, 6) is 0.0821. The maximum atomic E-state index is 11.9. The monoisotopic (exact) mass is 295 g/mol. The minimum atomic E-state index is -0.365. The average molecular weight is 295 g/mol. The van der Waals surface area contributed by atoms with Gasteiger partial charge in [0.25, 0.3) is 11.9 Å². The molecule has 8 nitrogen and oxygen atoms in total. The molecule has 1 N–H and O–H groups in total. The molecule has 0 atom stereocenters. The predicted molar refractivity (Wildman–Crippen MR) is 78.6 cm³/mol. The smallest absolute Gasteiger partial charge is 0.275 e. The van der Waals surface area contributed by atoms with Crippen molar-refractivity contribution >= 4 is 11.6 Å². The number of amides is 1. The SMILES string of the molecule is Cc1cc(C)n(-c2ncc(NC(=O)c3cnccn3)cn2)n1. The highest BCUT2D eigenvalue weighted by Gasteiger charge is 2.10. The highest BCUT2D eigenvalue weighted by atomic mass is 16.1. The van der Waals surface area contributed by atoms with Gasteiger partial charge in [-0.15, -0.1) is 0 Å². The molecule has 0 unspecified atom stereocenters. The molecule has 0 radical (unpaired) electrons. The number of hydrogen-bond acceptors (Lipinski definition) is 6. The molecular formula is C14H13N7O. The fraction of sp³-hybridized carbons (Fsp3) is 0.143. The molecule has 0 aliphatic rings. The molecule has 110 valence electrons. The Morgan fingerprint density at radius 1 is 1.09 bits per heavy atom. The standard InChI is InChI=1S/C14H13N7O/c1-9-5-10(2)21(20-9)14-17-6-11(7-18-14)19-13(22)12-8-15-3-4-16-12/h3-8H,1-2H3,(H,19,22). The Balaban J connectivity index is 1.77. The number of hydrogen-bond donors (Lipinski definition) is 1. The van der Waals surface area contributed by atoms with Gasteiger partial charge in [0, 0.05) is 18.1 Å². The molecule has 0 aromatic carbocycles. The molecule has 3 heterocycles. The van der Waals surface area contributed by atoms with Crippen LogP contribution in [0.5, 0.6) is 0 Å². The Hall–Kier alpha value is -3.16. The topological polar surface area (TPSA) is 98.5 Å². The van der Waals surface area contributed by atoms with E-state index in [0.717, 1.165) is 11.4 Å². The van der Waals surface area contributed by atoms with Gasteiger partial charge in [0.2, 0.25) is 0 Å². The third kappa shape index (κ3) is 2.80. The number of aromatic nitrogens is 6. The van der Waals surface area contributed by atoms with Crippen molar-refractivity contribution in [3.05, 3.63) is 54.1 Å². The van der Waals surface area contributed by atoms with Gasteiger partial charge < -0.3 is 5.32 Å². The van der Waals surface area contributed by atoms with Crippen molar-refractivity contribution < 1.29 is 4.79 Å². The molecule has 0 fully saturated rings. The first-order valence-electron chi connectivity index (χ1n) is 6.56. The lowest BCUT2D eigenvalue weighted by atomic mass is 10.4. The van der Waals surface area contributed by atoms with Crippen LogP contribution in [0.1, 0.15) is 21.9 Å². The third-order valence-corrected chi connectivity index (χ3v) is 2.89. The molecule has 1 amide bonds. The van der Waals surface area contributed by atoms with E-state index >= 15 is 0 Å². The van der Waals surface area contributed by atoms with Crippen molar-refractivity contribution in [2.45, 2.75) is 13.8 Å². The Morgan fingerprint density at radius 2 is 1.86 bits per heavy atom. The van der Waals surface area contributed by atoms with E-state index < -0.39 is 0 Å². The van der Waals surface area contributed by atoms with Gasteiger partial charge in [0.1, 0.15) is 5.69 Å². The summed E-state index contributed by atoms with van der Waals surface area (Å²) in [6.45, 7) is 3.83. The number of carbonyl (C=O) groups excluding carboxylic acids is 1. The Kier molecular flexibility index (Phi) is 3.57. The summed E-state index contributed by atoms with van der Waals surface area (Å²) in [5, 5.41) is 6.97. The van der Waals surface area contributed by atoms with E-state index in [1.165, 1.54) is 31.0 Å². The molecule has 22 heavy (non-hydrogen) atoms. The van der Waals surface area contributed by atoms with Crippen molar-refractivity contribution in [1.82, 2.24) is 29.7 Å². The van der Waals surface area contributed by atoms with Crippen LogP contribution in [0, 0.1) is 13.8 Å². The summed E-state index contributed by atoms with van der Waals surface area (Å²) in [5.41, 5.74) is 2.53. The average Bonchev–Trinajstić information content (AvgIpc) is 2.87. The summed E-state index contributed by atoms with van der Waals surface area (Å²) in [6.07, 6.45) is 7.39. The van der Waals surface area contributed by atoms with Crippen molar-refractivity contribution in [3.63, 3.8) is 0 Å². The number of nitrogens with zero attached hydrogens (tertiary/aromatic N) is 6. The molecule has 0 bridgehead atoms. The van der Waals surface area contributed by atoms with E-state index in [1.807, 2.05) is 19.9 Å². The van der Waals surface area contributed by atoms with Crippen LogP contribution in [-0.4, -0.2) is 35.6 Å². The molecular weight excluding hydrogens is 282 g/mol. The molecule has 0 aliphatic heterocycles. The lowest BCUT2D eigenvalue weighted by molar-refractivity contribution is 0.102. The molecule has 0 aliphatic carbocycles. The second kappa shape index (κ2) is 5.68. The fourth-order valence-corrected chi connectivity index (χ4v) is 1.94. The van der Waals surface area contributed by atoms with Crippen LogP contribution in [0.25, 0.3) is 5.95 Å². The number of nitrogens with one attached hydrogen (secondary N) is 1. The van der Waals surface area contributed by atoms with E-state index in [9.17, 15) is 4.79 Å². The summed E-state index contributed by atoms with van der Waals surface area (Å²) in [6, 6.07) is 1.94. The van der Waals surface area contributed by atoms with Crippen LogP contribution in [0.4, 0.5) is 5.69 Å². The summed E-state index contributed by atoms with van der Waals surface area (Å²) in [4.78, 5) is 28.1. The van der Waals surface area contributed by atoms with Gasteiger partial charge in [0.05, 0.1) is 30.0 Å². The Morgan fingerprint density at radius 3 is 2.45 bits per heavy atom. The van der Waals surface area contributed by atoms with Crippen molar-refractivity contribution in [2.24, 2.45) is 0 Å². The van der Waals surface area contributed by atoms with Crippen molar-refractivity contribution in [2.75, 3.05) is 5.32 Å². The number of carbonyl (C=O) groups is 1. The van der Waals surface area contributed by atoms with Gasteiger partial charge in [-0.25, -0.2) is 19.6 Å². The second-order valence-electron chi connectivity index (χ2n) is 4.66. The molecule has 3 rings (SSSR count). The van der Waals surface area contributed by atoms with Crippen LogP contribution in [0.2, 0.25) is 0 Å². The lowest BCUT2D eigenvalue weighted by Crippen LogP contribution is -2.14. The van der Waals surface area contributed by atoms with E-state index in [2.05, 4.69) is 30.4 Å². The van der Waals surface area contributed by atoms with Crippen molar-refractivity contribution in [3.8, 4) is 5.95 Å². The lowest BCUT2D eigenvalue weighted by Gasteiger charge is -2.05. The zero-order chi connectivity index (χ0) is 15.5. The fourth-order valence-electron chi connectivity index (χ4n) is 1.94. The first-order chi connectivity index (χ1) is 10.6. The molecule has 0 saturated heterocycles. The van der Waals surface area contributed by atoms with Gasteiger partial charge >= 0.3 is 0 Å². The molecule has 3 aromatic rings. The zero-order valence-corrected chi connectivity index (χ0v) is 12.1. The highest BCUT2D eigenvalue weighted by Crippen LogP contribution is 2.10. The minimum Gasteiger partial charge on any atom is -0.318 e. The summed E-state index contributed by atoms with van der Waals surface area (Å²) >= 11 is 0. The predicted octanol–water partition coefficient (Wildman–Crippen LogP) is 1.32. The van der Waals surface area contributed by atoms with E-state index in [1.54, 1.807) is 4.68 Å². The Bertz CT molecular complexity index is 796. The van der Waals surface area contributed by atoms with Gasteiger partial charge in [-0.2, -0.15) is 5.10 Å². The summed E-state index contributed by atoms with van der Waals surface area (Å²) in [7, 11) is 0. The van der Waals surface area contributed by atoms with E-state index in [4.69, 9.17) is 0 Å². The first-order valence-corrected chi connectivity index (χ1v) is 6.56. The third-order valence-electron chi connectivity index (χ3n) is 2.89. The van der Waals surface area contributed by atoms with Gasteiger partial charge in [-0.3, -0.25) is 9.78 Å². The summed E-state index contributed by atoms with van der Waals surface area (Å²) < 4.78 is 1.64. The van der Waals surface area contributed by atoms with Crippen LogP contribution in [-0.2, 0) is 0 Å². The van der Waals surface area contributed by atoms with E-state index in [-0.39, 0.29) is 11.6 Å². The second-order valence-corrected chi connectivity index (χ2v) is 4.66. The number of rotatable bonds is 3. The number of aryl methyl sites for hydroxylation is 2. The van der Waals surface area contributed by atoms with Crippen molar-refractivity contribution in [1.29, 1.82) is 0 Å². The Labute approximate surface area is 126 Å². The van der Waals surface area contributed by atoms with Crippen LogP contribution < -0.4 is 5.32 Å². The zero-order valence-electron chi connectivity index (χ0n) is 12.1. The maximum absolute atomic E-state index is 11.9. The molecule has 3 aromatic heterocycles. The van der Waals surface area contributed by atoms with Crippen LogP contribution in [0.15, 0.2) is 37.1 Å². The molecule has 0 saturated carbocycles. The first kappa shape index (κ1) is 13.8. The van der Waals surface area contributed by atoms with Gasteiger partial charge in [-0.1, -0.05) is 0 Å². The molecule has 0 spiro atoms. The van der Waals surface area contributed by atoms with Gasteiger partial charge in [-0.05, 0) is 19.9 Å². The van der Waals surface area contributed by atoms with Crippen LogP contribution >= 0.6 is 0 Å². The molecule has 8 heteroatoms. The van der Waals surface area contributed by atoms with Crippen LogP contribution in [0.3, 0.4) is 0 Å². The van der Waals surface area contributed by atoms with E-state index in [0.29, 0.717) is 11.6 Å².